The van der Waals surface area contributed by atoms with Gasteiger partial charge in [0, 0.05) is 5.56 Å². The Balaban J connectivity index is 2.70. The van der Waals surface area contributed by atoms with Gasteiger partial charge in [-0.3, -0.25) is 0 Å². The molecule has 1 rings (SSSR count). The third-order valence-corrected chi connectivity index (χ3v) is 1.85. The average molecular weight is 243 g/mol. The Morgan fingerprint density at radius 1 is 1.27 bits per heavy atom. The van der Waals surface area contributed by atoms with Crippen LogP contribution in [0.2, 0.25) is 0 Å². The largest absolute Gasteiger partial charge is 0.484 e. The zero-order chi connectivity index (χ0) is 11.5. The van der Waals surface area contributed by atoms with Crippen LogP contribution in [0.1, 0.15) is 5.56 Å². The Labute approximate surface area is 88.6 Å². The van der Waals surface area contributed by atoms with Crippen molar-refractivity contribution in [3.8, 4) is 5.75 Å². The van der Waals surface area contributed by atoms with E-state index in [9.17, 15) is 17.6 Å². The van der Waals surface area contributed by atoms with Gasteiger partial charge in [-0.2, -0.15) is 13.2 Å². The molecular formula is C9H7ClF4O. The minimum absolute atomic E-state index is 0.0515. The van der Waals surface area contributed by atoms with E-state index >= 15 is 0 Å². The molecule has 0 spiro atoms. The van der Waals surface area contributed by atoms with Gasteiger partial charge < -0.3 is 4.74 Å². The minimum atomic E-state index is -4.41. The van der Waals surface area contributed by atoms with E-state index in [4.69, 9.17) is 11.6 Å². The van der Waals surface area contributed by atoms with Crippen LogP contribution in [0.5, 0.6) is 5.75 Å². The van der Waals surface area contributed by atoms with E-state index in [0.717, 1.165) is 18.2 Å². The van der Waals surface area contributed by atoms with E-state index < -0.39 is 18.6 Å². The lowest BCUT2D eigenvalue weighted by Gasteiger charge is -2.09. The maximum atomic E-state index is 12.9. The molecular weight excluding hydrogens is 236 g/mol. The monoisotopic (exact) mass is 242 g/mol. The van der Waals surface area contributed by atoms with Crippen LogP contribution in [-0.4, -0.2) is 12.8 Å². The Morgan fingerprint density at radius 3 is 2.47 bits per heavy atom. The van der Waals surface area contributed by atoms with E-state index in [0.29, 0.717) is 0 Å². The van der Waals surface area contributed by atoms with Gasteiger partial charge in [0.05, 0.1) is 5.88 Å². The zero-order valence-electron chi connectivity index (χ0n) is 7.44. The van der Waals surface area contributed by atoms with Crippen LogP contribution in [-0.2, 0) is 5.88 Å². The van der Waals surface area contributed by atoms with Crippen LogP contribution in [0.25, 0.3) is 0 Å². The first-order valence-corrected chi connectivity index (χ1v) is 4.50. The molecule has 84 valence electrons. The van der Waals surface area contributed by atoms with Crippen LogP contribution in [0.15, 0.2) is 18.2 Å². The summed E-state index contributed by atoms with van der Waals surface area (Å²) in [6.07, 6.45) is -4.41. The van der Waals surface area contributed by atoms with Gasteiger partial charge in [0.1, 0.15) is 11.6 Å². The Bertz CT molecular complexity index is 337. The molecule has 0 aliphatic rings. The standard InChI is InChI=1S/C9H7ClF4O/c10-4-6-3-7(1-2-8(6)11)15-5-9(12,13)14/h1-3H,4-5H2. The molecule has 0 saturated carbocycles. The number of hydrogen-bond donors (Lipinski definition) is 0. The summed E-state index contributed by atoms with van der Waals surface area (Å²) in [5.41, 5.74) is 0.108. The molecule has 0 radical (unpaired) electrons. The second-order valence-corrected chi connectivity index (χ2v) is 3.06. The van der Waals surface area contributed by atoms with Crippen molar-refractivity contribution in [2.75, 3.05) is 6.61 Å². The minimum Gasteiger partial charge on any atom is -0.484 e. The van der Waals surface area contributed by atoms with Crippen molar-refractivity contribution in [1.82, 2.24) is 0 Å². The molecule has 6 heteroatoms. The van der Waals surface area contributed by atoms with Gasteiger partial charge in [-0.1, -0.05) is 0 Å². The highest BCUT2D eigenvalue weighted by Gasteiger charge is 2.28. The molecule has 0 amide bonds. The fraction of sp³-hybridized carbons (Fsp3) is 0.333. The molecule has 15 heavy (non-hydrogen) atoms. The molecule has 0 unspecified atom stereocenters. The van der Waals surface area contributed by atoms with Gasteiger partial charge in [0.2, 0.25) is 0 Å². The van der Waals surface area contributed by atoms with Gasteiger partial charge in [-0.25, -0.2) is 4.39 Å². The lowest BCUT2D eigenvalue weighted by Crippen LogP contribution is -2.19. The van der Waals surface area contributed by atoms with Crippen molar-refractivity contribution in [3.05, 3.63) is 29.6 Å². The van der Waals surface area contributed by atoms with Gasteiger partial charge in [0.15, 0.2) is 6.61 Å². The van der Waals surface area contributed by atoms with Crippen molar-refractivity contribution >= 4 is 11.6 Å². The molecule has 1 aromatic carbocycles. The topological polar surface area (TPSA) is 9.23 Å². The molecule has 0 aromatic heterocycles. The quantitative estimate of drug-likeness (QED) is 0.582. The molecule has 0 atom stereocenters. The van der Waals surface area contributed by atoms with Crippen molar-refractivity contribution < 1.29 is 22.3 Å². The van der Waals surface area contributed by atoms with Crippen LogP contribution in [0, 0.1) is 5.82 Å². The highest BCUT2D eigenvalue weighted by molar-refractivity contribution is 6.17. The lowest BCUT2D eigenvalue weighted by molar-refractivity contribution is -0.153. The normalized spacial score (nSPS) is 11.5. The fourth-order valence-electron chi connectivity index (χ4n) is 0.908. The van der Waals surface area contributed by atoms with E-state index in [-0.39, 0.29) is 17.2 Å². The maximum Gasteiger partial charge on any atom is 0.422 e. The summed E-state index contributed by atoms with van der Waals surface area (Å²) in [6.45, 7) is -1.40. The third-order valence-electron chi connectivity index (χ3n) is 1.56. The van der Waals surface area contributed by atoms with Gasteiger partial charge in [-0.05, 0) is 18.2 Å². The first-order valence-electron chi connectivity index (χ1n) is 3.96. The molecule has 0 N–H and O–H groups in total. The molecule has 0 fully saturated rings. The summed E-state index contributed by atoms with van der Waals surface area (Å²) in [6, 6.07) is 3.29. The third kappa shape index (κ3) is 3.95. The van der Waals surface area contributed by atoms with Crippen molar-refractivity contribution in [1.29, 1.82) is 0 Å². The maximum absolute atomic E-state index is 12.9. The Morgan fingerprint density at radius 2 is 1.93 bits per heavy atom. The number of hydrogen-bond acceptors (Lipinski definition) is 1. The number of benzene rings is 1. The summed E-state index contributed by atoms with van der Waals surface area (Å²) in [4.78, 5) is 0. The first-order chi connectivity index (χ1) is 6.92. The van der Waals surface area contributed by atoms with E-state index in [1.165, 1.54) is 0 Å². The van der Waals surface area contributed by atoms with Gasteiger partial charge >= 0.3 is 6.18 Å². The highest BCUT2D eigenvalue weighted by Crippen LogP contribution is 2.21. The second-order valence-electron chi connectivity index (χ2n) is 2.79. The Kier molecular flexibility index (Phi) is 3.79. The average Bonchev–Trinajstić information content (AvgIpc) is 2.15. The number of alkyl halides is 4. The summed E-state index contributed by atoms with van der Waals surface area (Å²) in [5.74, 6) is -0.733. The van der Waals surface area contributed by atoms with E-state index in [1.54, 1.807) is 0 Å². The summed E-state index contributed by atoms with van der Waals surface area (Å²) in [5, 5.41) is 0. The number of rotatable bonds is 3. The molecule has 1 aromatic rings. The predicted octanol–water partition coefficient (Wildman–Crippen LogP) is 3.51. The molecule has 0 aliphatic carbocycles. The predicted molar refractivity (Wildman–Crippen MR) is 47.5 cm³/mol. The number of ether oxygens (including phenoxy) is 1. The van der Waals surface area contributed by atoms with Crippen molar-refractivity contribution in [2.45, 2.75) is 12.1 Å². The zero-order valence-corrected chi connectivity index (χ0v) is 8.20. The summed E-state index contributed by atoms with van der Waals surface area (Å²) < 4.78 is 52.6. The van der Waals surface area contributed by atoms with Gasteiger partial charge in [-0.15, -0.1) is 11.6 Å². The first kappa shape index (κ1) is 12.1. The fourth-order valence-corrected chi connectivity index (χ4v) is 1.11. The highest BCUT2D eigenvalue weighted by atomic mass is 35.5. The van der Waals surface area contributed by atoms with Crippen LogP contribution >= 0.6 is 11.6 Å². The summed E-state index contributed by atoms with van der Waals surface area (Å²) in [7, 11) is 0. The molecule has 1 nitrogen and oxygen atoms in total. The SMILES string of the molecule is Fc1ccc(OCC(F)(F)F)cc1CCl. The molecule has 0 saturated heterocycles. The van der Waals surface area contributed by atoms with Crippen molar-refractivity contribution in [3.63, 3.8) is 0 Å². The smallest absolute Gasteiger partial charge is 0.422 e. The Hall–Kier alpha value is -0.970. The molecule has 0 heterocycles. The van der Waals surface area contributed by atoms with Crippen molar-refractivity contribution in [2.24, 2.45) is 0 Å². The second kappa shape index (κ2) is 4.70. The van der Waals surface area contributed by atoms with E-state index in [1.807, 2.05) is 0 Å². The lowest BCUT2D eigenvalue weighted by atomic mass is 10.2. The molecule has 0 bridgehead atoms. The van der Waals surface area contributed by atoms with Crippen LogP contribution < -0.4 is 4.74 Å². The van der Waals surface area contributed by atoms with Crippen LogP contribution in [0.4, 0.5) is 17.6 Å². The van der Waals surface area contributed by atoms with Gasteiger partial charge in [0.25, 0.3) is 0 Å². The summed E-state index contributed by atoms with van der Waals surface area (Å²) >= 11 is 5.38. The van der Waals surface area contributed by atoms with E-state index in [2.05, 4.69) is 4.74 Å². The molecule has 0 aliphatic heterocycles. The number of halogens is 5. The van der Waals surface area contributed by atoms with Crippen LogP contribution in [0.3, 0.4) is 0 Å².